The van der Waals surface area contributed by atoms with Crippen LogP contribution in [0.25, 0.3) is 10.8 Å². The Morgan fingerprint density at radius 1 is 1.14 bits per heavy atom. The molecule has 2 fully saturated rings. The molecule has 6 heteroatoms. The molecule has 2 aromatic rings. The van der Waals surface area contributed by atoms with E-state index in [1.807, 2.05) is 41.3 Å². The van der Waals surface area contributed by atoms with Crippen LogP contribution in [0.2, 0.25) is 0 Å². The van der Waals surface area contributed by atoms with Gasteiger partial charge in [-0.3, -0.25) is 9.59 Å². The average Bonchev–Trinajstić information content (AvgIpc) is 3.07. The quantitative estimate of drug-likeness (QED) is 0.883. The second-order valence-corrected chi connectivity index (χ2v) is 7.82. The van der Waals surface area contributed by atoms with Crippen molar-refractivity contribution in [2.45, 2.75) is 31.3 Å². The van der Waals surface area contributed by atoms with Crippen LogP contribution in [0.1, 0.15) is 29.6 Å². The number of ether oxygens (including phenoxy) is 1. The van der Waals surface area contributed by atoms with Crippen LogP contribution in [0.5, 0.6) is 5.75 Å². The van der Waals surface area contributed by atoms with E-state index >= 15 is 0 Å². The fraction of sp³-hybridized carbons (Fsp3) is 0.455. The SMILES string of the molecule is COc1cccc2cccc(C(=O)NC3CC(=O)N(C4CCN(C)CC4)C3)c12. The molecule has 6 nitrogen and oxygen atoms in total. The van der Waals surface area contributed by atoms with E-state index in [4.69, 9.17) is 4.74 Å². The molecule has 28 heavy (non-hydrogen) atoms. The first-order chi connectivity index (χ1) is 13.6. The van der Waals surface area contributed by atoms with Crippen molar-refractivity contribution in [3.05, 3.63) is 42.0 Å². The fourth-order valence-electron chi connectivity index (χ4n) is 4.42. The molecule has 0 radical (unpaired) electrons. The number of nitrogens with one attached hydrogen (secondary N) is 1. The third kappa shape index (κ3) is 3.56. The lowest BCUT2D eigenvalue weighted by molar-refractivity contribution is -0.130. The molecular formula is C22H27N3O3. The minimum atomic E-state index is -0.155. The summed E-state index contributed by atoms with van der Waals surface area (Å²) in [6, 6.07) is 11.5. The Balaban J connectivity index is 1.49. The molecule has 0 aromatic heterocycles. The third-order valence-corrected chi connectivity index (χ3v) is 5.95. The highest BCUT2D eigenvalue weighted by atomic mass is 16.5. The van der Waals surface area contributed by atoms with Crippen molar-refractivity contribution in [1.29, 1.82) is 0 Å². The van der Waals surface area contributed by atoms with E-state index in [0.717, 1.165) is 36.7 Å². The number of fused-ring (bicyclic) bond motifs is 1. The lowest BCUT2D eigenvalue weighted by atomic mass is 10.0. The first-order valence-corrected chi connectivity index (χ1v) is 9.91. The van der Waals surface area contributed by atoms with Crippen LogP contribution in [-0.4, -0.2) is 67.5 Å². The Morgan fingerprint density at radius 3 is 2.57 bits per heavy atom. The summed E-state index contributed by atoms with van der Waals surface area (Å²) in [5, 5.41) is 4.85. The van der Waals surface area contributed by atoms with Gasteiger partial charge in [0.2, 0.25) is 5.91 Å². The molecule has 0 bridgehead atoms. The molecule has 2 saturated heterocycles. The van der Waals surface area contributed by atoms with Crippen LogP contribution in [0.3, 0.4) is 0 Å². The van der Waals surface area contributed by atoms with Gasteiger partial charge in [-0.2, -0.15) is 0 Å². The Hall–Kier alpha value is -2.60. The standard InChI is InChI=1S/C22H27N3O3/c1-24-11-9-17(10-12-24)25-14-16(13-20(25)26)23-22(27)18-7-3-5-15-6-4-8-19(28-2)21(15)18/h3-8,16-17H,9-14H2,1-2H3,(H,23,27). The van der Waals surface area contributed by atoms with Crippen molar-refractivity contribution in [3.8, 4) is 5.75 Å². The van der Waals surface area contributed by atoms with Crippen LogP contribution in [-0.2, 0) is 4.79 Å². The van der Waals surface area contributed by atoms with Gasteiger partial charge in [0, 0.05) is 24.4 Å². The molecule has 2 amide bonds. The first-order valence-electron chi connectivity index (χ1n) is 9.91. The summed E-state index contributed by atoms with van der Waals surface area (Å²) in [7, 11) is 3.72. The molecule has 0 spiro atoms. The highest BCUT2D eigenvalue weighted by Crippen LogP contribution is 2.29. The monoisotopic (exact) mass is 381 g/mol. The Kier molecular flexibility index (Phi) is 5.22. The molecule has 148 valence electrons. The van der Waals surface area contributed by atoms with Crippen molar-refractivity contribution in [3.63, 3.8) is 0 Å². The number of hydrogen-bond donors (Lipinski definition) is 1. The van der Waals surface area contributed by atoms with Gasteiger partial charge in [0.15, 0.2) is 0 Å². The summed E-state index contributed by atoms with van der Waals surface area (Å²) < 4.78 is 5.46. The maximum absolute atomic E-state index is 13.0. The molecule has 1 N–H and O–H groups in total. The summed E-state index contributed by atoms with van der Waals surface area (Å²) in [6.45, 7) is 2.63. The number of carbonyl (C=O) groups excluding carboxylic acids is 2. The zero-order valence-electron chi connectivity index (χ0n) is 16.5. The van der Waals surface area contributed by atoms with E-state index in [0.29, 0.717) is 30.3 Å². The van der Waals surface area contributed by atoms with Gasteiger partial charge >= 0.3 is 0 Å². The van der Waals surface area contributed by atoms with E-state index in [1.165, 1.54) is 0 Å². The molecule has 2 aliphatic heterocycles. The van der Waals surface area contributed by atoms with Crippen molar-refractivity contribution in [1.82, 2.24) is 15.1 Å². The summed E-state index contributed by atoms with van der Waals surface area (Å²) in [6.07, 6.45) is 2.38. The predicted molar refractivity (Wildman–Crippen MR) is 109 cm³/mol. The lowest BCUT2D eigenvalue weighted by Crippen LogP contribution is -2.45. The van der Waals surface area contributed by atoms with Crippen molar-refractivity contribution in [2.24, 2.45) is 0 Å². The summed E-state index contributed by atoms with van der Waals surface area (Å²) in [4.78, 5) is 29.8. The maximum atomic E-state index is 13.0. The first kappa shape index (κ1) is 18.7. The molecule has 2 aromatic carbocycles. The molecule has 4 rings (SSSR count). The van der Waals surface area contributed by atoms with Crippen LogP contribution in [0, 0.1) is 0 Å². The highest BCUT2D eigenvalue weighted by Gasteiger charge is 2.36. The normalized spacial score (nSPS) is 21.3. The molecule has 0 aliphatic carbocycles. The number of piperidine rings is 1. The smallest absolute Gasteiger partial charge is 0.252 e. The lowest BCUT2D eigenvalue weighted by Gasteiger charge is -2.35. The molecule has 0 saturated carbocycles. The molecule has 1 atom stereocenters. The van der Waals surface area contributed by atoms with Crippen molar-refractivity contribution < 1.29 is 14.3 Å². The van der Waals surface area contributed by atoms with E-state index in [2.05, 4.69) is 17.3 Å². The van der Waals surface area contributed by atoms with Crippen LogP contribution in [0.15, 0.2) is 36.4 Å². The van der Waals surface area contributed by atoms with Gasteiger partial charge in [-0.1, -0.05) is 24.3 Å². The zero-order chi connectivity index (χ0) is 19.7. The minimum absolute atomic E-state index is 0.148. The Labute approximate surface area is 165 Å². The van der Waals surface area contributed by atoms with Gasteiger partial charge in [-0.25, -0.2) is 0 Å². The number of hydrogen-bond acceptors (Lipinski definition) is 4. The Bertz CT molecular complexity index is 884. The van der Waals surface area contributed by atoms with Crippen molar-refractivity contribution >= 4 is 22.6 Å². The van der Waals surface area contributed by atoms with Gasteiger partial charge in [-0.15, -0.1) is 0 Å². The van der Waals surface area contributed by atoms with Crippen molar-refractivity contribution in [2.75, 3.05) is 33.8 Å². The topological polar surface area (TPSA) is 61.9 Å². The molecule has 2 heterocycles. The van der Waals surface area contributed by atoms with Crippen LogP contribution >= 0.6 is 0 Å². The van der Waals surface area contributed by atoms with Gasteiger partial charge in [0.25, 0.3) is 5.91 Å². The average molecular weight is 381 g/mol. The summed E-state index contributed by atoms with van der Waals surface area (Å²) in [5.74, 6) is 0.673. The molecular weight excluding hydrogens is 354 g/mol. The zero-order valence-corrected chi connectivity index (χ0v) is 16.5. The number of nitrogens with zero attached hydrogens (tertiary/aromatic N) is 2. The second-order valence-electron chi connectivity index (χ2n) is 7.82. The number of amides is 2. The van der Waals surface area contributed by atoms with E-state index in [9.17, 15) is 9.59 Å². The molecule has 2 aliphatic rings. The Morgan fingerprint density at radius 2 is 1.86 bits per heavy atom. The number of methoxy groups -OCH3 is 1. The van der Waals surface area contributed by atoms with E-state index < -0.39 is 0 Å². The summed E-state index contributed by atoms with van der Waals surface area (Å²) >= 11 is 0. The maximum Gasteiger partial charge on any atom is 0.252 e. The number of rotatable bonds is 4. The van der Waals surface area contributed by atoms with E-state index in [1.54, 1.807) is 7.11 Å². The van der Waals surface area contributed by atoms with Crippen LogP contribution in [0.4, 0.5) is 0 Å². The molecule has 1 unspecified atom stereocenters. The number of benzene rings is 2. The highest BCUT2D eigenvalue weighted by molar-refractivity contribution is 6.09. The summed E-state index contributed by atoms with van der Waals surface area (Å²) in [5.41, 5.74) is 0.583. The number of likely N-dealkylation sites (tertiary alicyclic amines) is 2. The van der Waals surface area contributed by atoms with E-state index in [-0.39, 0.29) is 17.9 Å². The predicted octanol–water partition coefficient (Wildman–Crippen LogP) is 2.27. The van der Waals surface area contributed by atoms with Gasteiger partial charge in [0.05, 0.1) is 18.7 Å². The second kappa shape index (κ2) is 7.80. The largest absolute Gasteiger partial charge is 0.496 e. The minimum Gasteiger partial charge on any atom is -0.496 e. The third-order valence-electron chi connectivity index (χ3n) is 5.95. The van der Waals surface area contributed by atoms with Gasteiger partial charge < -0.3 is 19.9 Å². The van der Waals surface area contributed by atoms with Gasteiger partial charge in [-0.05, 0) is 50.5 Å². The van der Waals surface area contributed by atoms with Gasteiger partial charge in [0.1, 0.15) is 5.75 Å². The fourth-order valence-corrected chi connectivity index (χ4v) is 4.42. The number of carbonyl (C=O) groups is 2. The van der Waals surface area contributed by atoms with Crippen LogP contribution < -0.4 is 10.1 Å².